The Labute approximate surface area is 95.9 Å². The Balaban J connectivity index is 2.38. The van der Waals surface area contributed by atoms with E-state index in [1.54, 1.807) is 0 Å². The lowest BCUT2D eigenvalue weighted by molar-refractivity contribution is -0.157. The summed E-state index contributed by atoms with van der Waals surface area (Å²) in [5.74, 6) is -0.274. The third-order valence-corrected chi connectivity index (χ3v) is 3.80. The minimum absolute atomic E-state index is 0.0683. The predicted molar refractivity (Wildman–Crippen MR) is 59.9 cm³/mol. The van der Waals surface area contributed by atoms with Crippen LogP contribution in [0.5, 0.6) is 0 Å². The lowest BCUT2D eigenvalue weighted by atomic mass is 9.67. The number of Topliss-reactive ketones (excluding diaryl/α,β-unsaturated/α-hetero) is 1. The molecule has 3 nitrogen and oxygen atoms in total. The van der Waals surface area contributed by atoms with Gasteiger partial charge in [-0.15, -0.1) is 0 Å². The van der Waals surface area contributed by atoms with E-state index in [2.05, 4.69) is 6.08 Å². The molecule has 3 heteroatoms. The highest BCUT2D eigenvalue weighted by molar-refractivity contribution is 6.07. The molecule has 0 amide bonds. The van der Waals surface area contributed by atoms with Gasteiger partial charge in [0.2, 0.25) is 0 Å². The van der Waals surface area contributed by atoms with Crippen LogP contribution in [-0.4, -0.2) is 18.9 Å². The summed E-state index contributed by atoms with van der Waals surface area (Å²) in [7, 11) is 1.38. The fourth-order valence-corrected chi connectivity index (χ4v) is 2.95. The molecular formula is C13H18O3. The Bertz CT molecular complexity index is 333. The molecule has 0 N–H and O–H groups in total. The number of ether oxygens (including phenoxy) is 1. The second kappa shape index (κ2) is 4.40. The third kappa shape index (κ3) is 1.58. The summed E-state index contributed by atoms with van der Waals surface area (Å²) in [5, 5.41) is 0. The van der Waals surface area contributed by atoms with E-state index >= 15 is 0 Å². The number of hydrogen-bond donors (Lipinski definition) is 0. The Hall–Kier alpha value is -1.12. The van der Waals surface area contributed by atoms with Crippen LogP contribution < -0.4 is 0 Å². The monoisotopic (exact) mass is 222 g/mol. The maximum absolute atomic E-state index is 12.2. The van der Waals surface area contributed by atoms with Crippen LogP contribution in [-0.2, 0) is 14.3 Å². The summed E-state index contributed by atoms with van der Waals surface area (Å²) in [6, 6.07) is 0. The van der Waals surface area contributed by atoms with Crippen LogP contribution in [0, 0.1) is 5.41 Å². The minimum atomic E-state index is -0.913. The number of carbonyl (C=O) groups is 2. The van der Waals surface area contributed by atoms with Crippen LogP contribution >= 0.6 is 0 Å². The van der Waals surface area contributed by atoms with Crippen molar-refractivity contribution in [1.29, 1.82) is 0 Å². The van der Waals surface area contributed by atoms with Crippen LogP contribution in [0.1, 0.15) is 44.9 Å². The van der Waals surface area contributed by atoms with E-state index in [0.29, 0.717) is 12.8 Å². The summed E-state index contributed by atoms with van der Waals surface area (Å²) in [6.07, 6.45) is 8.00. The molecule has 88 valence electrons. The predicted octanol–water partition coefficient (Wildman–Crippen LogP) is 2.40. The zero-order chi connectivity index (χ0) is 11.6. The zero-order valence-corrected chi connectivity index (χ0v) is 9.75. The number of esters is 1. The number of ketones is 1. The second-order valence-electron chi connectivity index (χ2n) is 4.65. The molecule has 16 heavy (non-hydrogen) atoms. The lowest BCUT2D eigenvalue weighted by Gasteiger charge is -2.34. The number of methoxy groups -OCH3 is 1. The quantitative estimate of drug-likeness (QED) is 0.409. The van der Waals surface area contributed by atoms with E-state index in [4.69, 9.17) is 4.74 Å². The summed E-state index contributed by atoms with van der Waals surface area (Å²) >= 11 is 0. The van der Waals surface area contributed by atoms with Crippen molar-refractivity contribution in [2.45, 2.75) is 44.9 Å². The fraction of sp³-hybridized carbons (Fsp3) is 0.692. The van der Waals surface area contributed by atoms with Crippen molar-refractivity contribution in [2.24, 2.45) is 5.41 Å². The van der Waals surface area contributed by atoms with E-state index in [0.717, 1.165) is 37.7 Å². The maximum atomic E-state index is 12.2. The van der Waals surface area contributed by atoms with Crippen molar-refractivity contribution in [2.75, 3.05) is 7.11 Å². The Morgan fingerprint density at radius 1 is 1.31 bits per heavy atom. The molecule has 0 radical (unpaired) electrons. The Morgan fingerprint density at radius 2 is 2.12 bits per heavy atom. The molecule has 1 atom stereocenters. The lowest BCUT2D eigenvalue weighted by Crippen LogP contribution is -2.43. The molecule has 0 aromatic rings. The summed E-state index contributed by atoms with van der Waals surface area (Å²) in [5.41, 5.74) is 0.104. The van der Waals surface area contributed by atoms with E-state index in [1.807, 2.05) is 0 Å². The smallest absolute Gasteiger partial charge is 0.323 e. The van der Waals surface area contributed by atoms with Gasteiger partial charge in [-0.25, -0.2) is 0 Å². The molecule has 2 aliphatic carbocycles. The van der Waals surface area contributed by atoms with Crippen molar-refractivity contribution in [3.05, 3.63) is 11.6 Å². The molecule has 1 saturated carbocycles. The Kier molecular flexibility index (Phi) is 3.13. The molecule has 0 aromatic heterocycles. The average Bonchev–Trinajstić information content (AvgIpc) is 2.83. The molecule has 0 aliphatic heterocycles. The van der Waals surface area contributed by atoms with Crippen LogP contribution in [0.3, 0.4) is 0 Å². The van der Waals surface area contributed by atoms with E-state index in [-0.39, 0.29) is 11.8 Å². The largest absolute Gasteiger partial charge is 0.468 e. The molecule has 0 saturated heterocycles. The van der Waals surface area contributed by atoms with Gasteiger partial charge in [0.1, 0.15) is 5.41 Å². The third-order valence-electron chi connectivity index (χ3n) is 3.80. The van der Waals surface area contributed by atoms with Crippen LogP contribution in [0.4, 0.5) is 0 Å². The van der Waals surface area contributed by atoms with Gasteiger partial charge < -0.3 is 4.74 Å². The number of allylic oxidation sites excluding steroid dienone is 1. The van der Waals surface area contributed by atoms with Crippen molar-refractivity contribution in [3.63, 3.8) is 0 Å². The molecule has 1 fully saturated rings. The van der Waals surface area contributed by atoms with Gasteiger partial charge in [0.15, 0.2) is 5.78 Å². The van der Waals surface area contributed by atoms with Crippen LogP contribution in [0.15, 0.2) is 11.6 Å². The van der Waals surface area contributed by atoms with Crippen LogP contribution in [0.25, 0.3) is 0 Å². The first-order valence-corrected chi connectivity index (χ1v) is 6.03. The van der Waals surface area contributed by atoms with Crippen molar-refractivity contribution in [1.82, 2.24) is 0 Å². The maximum Gasteiger partial charge on any atom is 0.323 e. The first-order chi connectivity index (χ1) is 7.71. The number of rotatable bonds is 2. The standard InChI is InChI=1S/C13H18O3/c1-16-12(15)13(10-6-2-3-7-10)9-5-4-8-11(13)14/h6H,2-5,7-9H2,1H3. The van der Waals surface area contributed by atoms with Gasteiger partial charge in [-0.1, -0.05) is 12.5 Å². The zero-order valence-electron chi connectivity index (χ0n) is 9.75. The van der Waals surface area contributed by atoms with E-state index < -0.39 is 5.41 Å². The molecule has 0 spiro atoms. The van der Waals surface area contributed by atoms with Crippen molar-refractivity contribution >= 4 is 11.8 Å². The normalized spacial score (nSPS) is 30.1. The summed E-state index contributed by atoms with van der Waals surface area (Å²) < 4.78 is 4.88. The molecule has 0 heterocycles. The highest BCUT2D eigenvalue weighted by atomic mass is 16.5. The first-order valence-electron chi connectivity index (χ1n) is 6.03. The van der Waals surface area contributed by atoms with E-state index in [9.17, 15) is 9.59 Å². The number of carbonyl (C=O) groups excluding carboxylic acids is 2. The fourth-order valence-electron chi connectivity index (χ4n) is 2.95. The molecule has 1 unspecified atom stereocenters. The SMILES string of the molecule is COC(=O)C1(C2=CCCC2)CCCCC1=O. The van der Waals surface area contributed by atoms with E-state index in [1.165, 1.54) is 7.11 Å². The van der Waals surface area contributed by atoms with Gasteiger partial charge in [-0.05, 0) is 37.7 Å². The molecule has 2 rings (SSSR count). The van der Waals surface area contributed by atoms with Gasteiger partial charge in [0, 0.05) is 6.42 Å². The first kappa shape index (κ1) is 11.4. The van der Waals surface area contributed by atoms with Crippen molar-refractivity contribution < 1.29 is 14.3 Å². The van der Waals surface area contributed by atoms with Gasteiger partial charge in [0.25, 0.3) is 0 Å². The molecule has 2 aliphatic rings. The van der Waals surface area contributed by atoms with Gasteiger partial charge in [-0.3, -0.25) is 9.59 Å². The van der Waals surface area contributed by atoms with Crippen LogP contribution in [0.2, 0.25) is 0 Å². The average molecular weight is 222 g/mol. The van der Waals surface area contributed by atoms with Crippen molar-refractivity contribution in [3.8, 4) is 0 Å². The molecular weight excluding hydrogens is 204 g/mol. The summed E-state index contributed by atoms with van der Waals surface area (Å²) in [4.78, 5) is 24.2. The van der Waals surface area contributed by atoms with Gasteiger partial charge in [0.05, 0.1) is 7.11 Å². The topological polar surface area (TPSA) is 43.4 Å². The highest BCUT2D eigenvalue weighted by Crippen LogP contribution is 2.45. The highest BCUT2D eigenvalue weighted by Gasteiger charge is 2.50. The molecule has 0 aromatic carbocycles. The summed E-state index contributed by atoms with van der Waals surface area (Å²) in [6.45, 7) is 0. The van der Waals surface area contributed by atoms with Gasteiger partial charge >= 0.3 is 5.97 Å². The minimum Gasteiger partial charge on any atom is -0.468 e. The Morgan fingerprint density at radius 3 is 2.69 bits per heavy atom. The number of hydrogen-bond acceptors (Lipinski definition) is 3. The van der Waals surface area contributed by atoms with Gasteiger partial charge in [-0.2, -0.15) is 0 Å². The second-order valence-corrected chi connectivity index (χ2v) is 4.65. The molecule has 0 bridgehead atoms.